The largest absolute Gasteiger partial charge is 0.0808 e. The molecule has 0 heteroatoms. The summed E-state index contributed by atoms with van der Waals surface area (Å²) in [6.45, 7) is 65.8. The molecule has 0 atom stereocenters. The van der Waals surface area contributed by atoms with Gasteiger partial charge in [0.15, 0.2) is 0 Å². The van der Waals surface area contributed by atoms with Gasteiger partial charge < -0.3 is 0 Å². The third-order valence-electron chi connectivity index (χ3n) is 10.5. The zero-order valence-electron chi connectivity index (χ0n) is 72.3. The molecular formula is C99H172. The standard InChI is InChI=1S/C13H12.C10H8.C9H8.2C8H10.C5H10.2C5H6.6C3H8.9C2H6/c1-3-7-12(8-4-1)11-13-9-5-2-6-10-13;1-2-6-10-8-4-3-7-9(10)5-1;1-2-5-9-7-3-6-8(9)4-1;2*1-2-8-6-4-3-5-7-8;3*1-2-4-5-3-1;6*1-3-2;9*1-2/h1-10H,11H2;1-8H;1-6H,7H2;2*3-7H,2H2,1H3;1-5H2;2*1-4H,5H2;6*3H2,1-2H3;9*1-2H3. The van der Waals surface area contributed by atoms with E-state index in [1.165, 1.54) is 115 Å². The molecule has 0 heterocycles. The second kappa shape index (κ2) is 128. The Morgan fingerprint density at radius 3 is 0.616 bits per heavy atom. The number of allylic oxidation sites excluding steroid dienone is 9. The summed E-state index contributed by atoms with van der Waals surface area (Å²) >= 11 is 0. The quantitative estimate of drug-likeness (QED) is 0.165. The Balaban J connectivity index is -0.0000000827. The van der Waals surface area contributed by atoms with Crippen molar-refractivity contribution in [3.8, 4) is 0 Å². The van der Waals surface area contributed by atoms with Crippen molar-refractivity contribution in [3.63, 3.8) is 0 Å². The molecule has 0 nitrogen and oxygen atoms in total. The lowest BCUT2D eigenvalue weighted by Crippen LogP contribution is -1.85. The molecule has 0 bridgehead atoms. The molecule has 0 aromatic heterocycles. The maximum atomic E-state index is 2.20. The summed E-state index contributed by atoms with van der Waals surface area (Å²) < 4.78 is 0. The van der Waals surface area contributed by atoms with Crippen LogP contribution in [0, 0.1) is 0 Å². The van der Waals surface area contributed by atoms with Crippen LogP contribution in [0.1, 0.15) is 338 Å². The van der Waals surface area contributed by atoms with Gasteiger partial charge in [-0.1, -0.05) is 547 Å². The third kappa shape index (κ3) is 105. The zero-order valence-corrected chi connectivity index (χ0v) is 72.3. The molecule has 7 aromatic rings. The number of aryl methyl sites for hydroxylation is 2. The fourth-order valence-electron chi connectivity index (χ4n) is 6.85. The van der Waals surface area contributed by atoms with Crippen molar-refractivity contribution in [2.45, 2.75) is 331 Å². The first-order valence-corrected chi connectivity index (χ1v) is 40.7. The highest BCUT2D eigenvalue weighted by Crippen LogP contribution is 2.18. The lowest BCUT2D eigenvalue weighted by molar-refractivity contribution is 0.886. The van der Waals surface area contributed by atoms with E-state index in [-0.39, 0.29) is 0 Å². The predicted molar refractivity (Wildman–Crippen MR) is 477 cm³/mol. The number of hydrogen-bond acceptors (Lipinski definition) is 0. The Morgan fingerprint density at radius 1 is 0.222 bits per heavy atom. The molecule has 0 radical (unpaired) electrons. The van der Waals surface area contributed by atoms with E-state index < -0.39 is 0 Å². The van der Waals surface area contributed by atoms with Crippen molar-refractivity contribution in [3.05, 3.63) is 282 Å². The molecule has 0 N–H and O–H groups in total. The van der Waals surface area contributed by atoms with Gasteiger partial charge in [0.2, 0.25) is 0 Å². The van der Waals surface area contributed by atoms with E-state index in [1.54, 1.807) is 0 Å². The van der Waals surface area contributed by atoms with Crippen molar-refractivity contribution in [2.24, 2.45) is 0 Å². The van der Waals surface area contributed by atoms with Crippen LogP contribution >= 0.6 is 0 Å². The van der Waals surface area contributed by atoms with Gasteiger partial charge in [0, 0.05) is 0 Å². The summed E-state index contributed by atoms with van der Waals surface area (Å²) in [5.74, 6) is 0. The molecule has 0 unspecified atom stereocenters. The van der Waals surface area contributed by atoms with Crippen molar-refractivity contribution in [1.82, 2.24) is 0 Å². The molecule has 4 aliphatic rings. The van der Waals surface area contributed by atoms with Crippen molar-refractivity contribution >= 4 is 16.8 Å². The minimum absolute atomic E-state index is 1.03. The topological polar surface area (TPSA) is 0 Å². The van der Waals surface area contributed by atoms with E-state index in [4.69, 9.17) is 0 Å². The average molecular weight is 1360 g/mol. The Hall–Kier alpha value is -6.50. The Morgan fingerprint density at radius 2 is 0.424 bits per heavy atom. The highest BCUT2D eigenvalue weighted by Gasteiger charge is 2.00. The molecule has 11 rings (SSSR count). The first-order valence-electron chi connectivity index (χ1n) is 40.7. The fourth-order valence-corrected chi connectivity index (χ4v) is 6.85. The SMILES string of the molecule is C1=CCC=C1.C1=CCC=C1.C1=Cc2ccccc2C1.C1CCCC1.CC.CC.CC.CC.CC.CC.CC.CC.CC.CCC.CCC.CCC.CCC.CCC.CCC.CCc1ccccc1.CCc1ccccc1.c1ccc(Cc2ccccc2)cc1.c1ccc2ccccc2c1. The third-order valence-corrected chi connectivity index (χ3v) is 10.5. The molecule has 0 amide bonds. The van der Waals surface area contributed by atoms with E-state index >= 15 is 0 Å². The monoisotopic (exact) mass is 1360 g/mol. The lowest BCUT2D eigenvalue weighted by atomic mass is 10.1. The molecule has 1 fully saturated rings. The number of rotatable bonds is 4. The average Bonchev–Trinajstić information content (AvgIpc) is 1.98. The van der Waals surface area contributed by atoms with Crippen LogP contribution in [-0.4, -0.2) is 0 Å². The summed E-state index contributed by atoms with van der Waals surface area (Å²) in [6, 6.07) is 67.2. The normalized spacial score (nSPS) is 9.66. The highest BCUT2D eigenvalue weighted by atomic mass is 14.1. The van der Waals surface area contributed by atoms with Gasteiger partial charge in [-0.2, -0.15) is 0 Å². The highest BCUT2D eigenvalue weighted by molar-refractivity contribution is 5.82. The van der Waals surface area contributed by atoms with E-state index in [0.29, 0.717) is 0 Å². The molecule has 568 valence electrons. The predicted octanol–water partition coefficient (Wildman–Crippen LogP) is 35.6. The summed E-state index contributed by atoms with van der Waals surface area (Å²) in [7, 11) is 0. The van der Waals surface area contributed by atoms with Crippen LogP contribution in [0.4, 0.5) is 0 Å². The minimum atomic E-state index is 1.03. The van der Waals surface area contributed by atoms with Crippen LogP contribution in [0.5, 0.6) is 0 Å². The van der Waals surface area contributed by atoms with Gasteiger partial charge in [0.1, 0.15) is 0 Å². The van der Waals surface area contributed by atoms with Gasteiger partial charge >= 0.3 is 0 Å². The Kier molecular flexibility index (Phi) is 155. The molecule has 1 saturated carbocycles. The van der Waals surface area contributed by atoms with Crippen LogP contribution in [0.3, 0.4) is 0 Å². The van der Waals surface area contributed by atoms with Gasteiger partial charge in [-0.25, -0.2) is 0 Å². The summed E-state index contributed by atoms with van der Waals surface area (Å²) in [5.41, 5.74) is 8.40. The number of benzene rings is 7. The molecular weight excluding hydrogens is 1190 g/mol. The maximum absolute atomic E-state index is 2.20. The van der Waals surface area contributed by atoms with Gasteiger partial charge in [-0.05, 0) is 82.7 Å². The van der Waals surface area contributed by atoms with Crippen LogP contribution in [0.2, 0.25) is 0 Å². The Labute approximate surface area is 626 Å². The fraction of sp³-hybridized carbons (Fsp3) is 0.495. The summed E-state index contributed by atoms with van der Waals surface area (Å²) in [6.07, 6.45) is 42.8. The van der Waals surface area contributed by atoms with Crippen LogP contribution in [0.25, 0.3) is 16.8 Å². The van der Waals surface area contributed by atoms with Gasteiger partial charge in [0.25, 0.3) is 0 Å². The molecule has 99 heavy (non-hydrogen) atoms. The molecule has 4 aliphatic carbocycles. The van der Waals surface area contributed by atoms with Gasteiger partial charge in [-0.3, -0.25) is 0 Å². The van der Waals surface area contributed by atoms with E-state index in [0.717, 1.165) is 38.5 Å². The van der Waals surface area contributed by atoms with E-state index in [9.17, 15) is 0 Å². The second-order valence-corrected chi connectivity index (χ2v) is 19.7. The molecule has 0 saturated heterocycles. The second-order valence-electron chi connectivity index (χ2n) is 19.7. The maximum Gasteiger partial charge on any atom is -0.00258 e. The van der Waals surface area contributed by atoms with E-state index in [1.807, 2.05) is 137 Å². The molecule has 7 aromatic carbocycles. The summed E-state index contributed by atoms with van der Waals surface area (Å²) in [5, 5.41) is 2.62. The van der Waals surface area contributed by atoms with Crippen molar-refractivity contribution < 1.29 is 0 Å². The first kappa shape index (κ1) is 120. The first-order chi connectivity index (χ1) is 48.7. The van der Waals surface area contributed by atoms with Gasteiger partial charge in [-0.15, -0.1) is 0 Å². The number of hydrogen-bond donors (Lipinski definition) is 0. The van der Waals surface area contributed by atoms with Gasteiger partial charge in [0.05, 0.1) is 0 Å². The smallest absolute Gasteiger partial charge is 0.00258 e. The van der Waals surface area contributed by atoms with E-state index in [2.05, 4.69) is 340 Å². The minimum Gasteiger partial charge on any atom is -0.0808 e. The molecule has 0 spiro atoms. The van der Waals surface area contributed by atoms with Crippen molar-refractivity contribution in [2.75, 3.05) is 0 Å². The van der Waals surface area contributed by atoms with Crippen molar-refractivity contribution in [1.29, 1.82) is 0 Å². The summed E-state index contributed by atoms with van der Waals surface area (Å²) in [4.78, 5) is 0. The lowest BCUT2D eigenvalue weighted by Gasteiger charge is -2.00. The Bertz CT molecular complexity index is 2200. The molecule has 0 aliphatic heterocycles. The number of fused-ring (bicyclic) bond motifs is 2. The zero-order chi connectivity index (χ0) is 78.3. The van der Waals surface area contributed by atoms with Crippen LogP contribution < -0.4 is 0 Å². The van der Waals surface area contributed by atoms with Crippen LogP contribution in [0.15, 0.2) is 249 Å². The van der Waals surface area contributed by atoms with Crippen LogP contribution in [-0.2, 0) is 25.7 Å².